The summed E-state index contributed by atoms with van der Waals surface area (Å²) in [5.74, 6) is -0.893. The van der Waals surface area contributed by atoms with E-state index in [1.165, 1.54) is 0 Å². The van der Waals surface area contributed by atoms with Crippen LogP contribution in [0, 0.1) is 0 Å². The molecule has 0 aliphatic rings. The molecule has 5 nitrogen and oxygen atoms in total. The molecule has 2 rings (SSSR count). The minimum absolute atomic E-state index is 0.0544. The van der Waals surface area contributed by atoms with Gasteiger partial charge in [-0.05, 0) is 30.5 Å². The van der Waals surface area contributed by atoms with Gasteiger partial charge in [0.1, 0.15) is 0 Å². The lowest BCUT2D eigenvalue weighted by atomic mass is 10.2. The highest BCUT2D eigenvalue weighted by Gasteiger charge is 2.05. The molecule has 116 valence electrons. The van der Waals surface area contributed by atoms with Gasteiger partial charge in [-0.15, -0.1) is 0 Å². The topological polar surface area (TPSA) is 82.2 Å². The summed E-state index contributed by atoms with van der Waals surface area (Å²) in [7, 11) is 0. The zero-order valence-corrected chi connectivity index (χ0v) is 12.3. The van der Waals surface area contributed by atoms with Crippen molar-refractivity contribution in [2.24, 2.45) is 0 Å². The van der Waals surface area contributed by atoms with Gasteiger partial charge in [-0.3, -0.25) is 9.59 Å². The van der Waals surface area contributed by atoms with E-state index in [1.54, 1.807) is 0 Å². The summed E-state index contributed by atoms with van der Waals surface area (Å²) in [5.41, 5.74) is 3.17. The van der Waals surface area contributed by atoms with Gasteiger partial charge in [0.15, 0.2) is 0 Å². The van der Waals surface area contributed by atoms with Crippen LogP contribution >= 0.6 is 0 Å². The Balaban J connectivity index is 1.74. The molecule has 3 N–H and O–H groups in total. The van der Waals surface area contributed by atoms with Crippen molar-refractivity contribution in [2.45, 2.75) is 25.7 Å². The number of carboxylic acids is 1. The third-order valence-corrected chi connectivity index (χ3v) is 3.34. The number of carboxylic acid groups (broad SMARTS) is 1. The van der Waals surface area contributed by atoms with Gasteiger partial charge in [0, 0.05) is 30.8 Å². The lowest BCUT2D eigenvalue weighted by Crippen LogP contribution is -2.25. The first-order valence-electron chi connectivity index (χ1n) is 7.37. The Hall–Kier alpha value is -2.56. The Morgan fingerprint density at radius 3 is 2.55 bits per heavy atom. The molecule has 0 saturated heterocycles. The van der Waals surface area contributed by atoms with Crippen molar-refractivity contribution in [3.8, 4) is 11.3 Å². The molecule has 2 aromatic rings. The molecule has 0 fully saturated rings. The molecule has 1 heterocycles. The number of aromatic nitrogens is 1. The fourth-order valence-electron chi connectivity index (χ4n) is 2.18. The second-order valence-electron chi connectivity index (χ2n) is 5.11. The van der Waals surface area contributed by atoms with Crippen LogP contribution in [0.2, 0.25) is 0 Å². The number of benzene rings is 1. The van der Waals surface area contributed by atoms with Crippen LogP contribution < -0.4 is 5.32 Å². The van der Waals surface area contributed by atoms with Crippen LogP contribution in [0.3, 0.4) is 0 Å². The zero-order valence-electron chi connectivity index (χ0n) is 12.3. The second kappa shape index (κ2) is 8.02. The molecule has 0 spiro atoms. The zero-order chi connectivity index (χ0) is 15.8. The van der Waals surface area contributed by atoms with Crippen molar-refractivity contribution in [3.63, 3.8) is 0 Å². The predicted octanol–water partition coefficient (Wildman–Crippen LogP) is 2.60. The first-order valence-corrected chi connectivity index (χ1v) is 7.37. The highest BCUT2D eigenvalue weighted by molar-refractivity contribution is 5.76. The number of aliphatic carboxylic acids is 1. The van der Waals surface area contributed by atoms with E-state index in [0.717, 1.165) is 17.0 Å². The summed E-state index contributed by atoms with van der Waals surface area (Å²) < 4.78 is 0. The van der Waals surface area contributed by atoms with Crippen molar-refractivity contribution < 1.29 is 14.7 Å². The molecule has 1 aromatic heterocycles. The SMILES string of the molecule is O=C(O)CCCNC(=O)CCc1ccc(-c2ccccc2)[nH]1. The number of hydrogen-bond acceptors (Lipinski definition) is 2. The Morgan fingerprint density at radius 2 is 1.82 bits per heavy atom. The Kier molecular flexibility index (Phi) is 5.77. The predicted molar refractivity (Wildman–Crippen MR) is 84.4 cm³/mol. The van der Waals surface area contributed by atoms with Gasteiger partial charge in [0.2, 0.25) is 5.91 Å². The van der Waals surface area contributed by atoms with Crippen LogP contribution in [0.5, 0.6) is 0 Å². The van der Waals surface area contributed by atoms with Gasteiger partial charge < -0.3 is 15.4 Å². The molecule has 1 amide bonds. The number of carbonyl (C=O) groups excluding carboxylic acids is 1. The van der Waals surface area contributed by atoms with Crippen LogP contribution in [0.25, 0.3) is 11.3 Å². The standard InChI is InChI=1S/C17H20N2O3/c20-16(18-12-4-7-17(21)22)11-9-14-8-10-15(19-14)13-5-2-1-3-6-13/h1-3,5-6,8,10,19H,4,7,9,11-12H2,(H,18,20)(H,21,22). The highest BCUT2D eigenvalue weighted by Crippen LogP contribution is 2.18. The molecular formula is C17H20N2O3. The summed E-state index contributed by atoms with van der Waals surface area (Å²) in [6, 6.07) is 14.0. The molecule has 0 atom stereocenters. The van der Waals surface area contributed by atoms with Gasteiger partial charge in [-0.25, -0.2) is 0 Å². The molecule has 5 heteroatoms. The smallest absolute Gasteiger partial charge is 0.303 e. The first-order chi connectivity index (χ1) is 10.6. The first kappa shape index (κ1) is 15.8. The summed E-state index contributed by atoms with van der Waals surface area (Å²) in [6.07, 6.45) is 1.57. The van der Waals surface area contributed by atoms with Crippen LogP contribution in [-0.2, 0) is 16.0 Å². The minimum atomic E-state index is -0.839. The number of aryl methyl sites for hydroxylation is 1. The number of rotatable bonds is 8. The number of hydrogen-bond donors (Lipinski definition) is 3. The summed E-state index contributed by atoms with van der Waals surface area (Å²) in [6.45, 7) is 0.408. The molecule has 0 aliphatic carbocycles. The lowest BCUT2D eigenvalue weighted by molar-refractivity contribution is -0.137. The number of H-pyrrole nitrogens is 1. The van der Waals surface area contributed by atoms with Crippen molar-refractivity contribution >= 4 is 11.9 Å². The average Bonchev–Trinajstić information content (AvgIpc) is 2.99. The molecule has 1 aromatic carbocycles. The fraction of sp³-hybridized carbons (Fsp3) is 0.294. The third kappa shape index (κ3) is 5.09. The highest BCUT2D eigenvalue weighted by atomic mass is 16.4. The maximum Gasteiger partial charge on any atom is 0.303 e. The normalized spacial score (nSPS) is 10.4. The molecule has 0 radical (unpaired) electrons. The fourth-order valence-corrected chi connectivity index (χ4v) is 2.18. The molecule has 0 unspecified atom stereocenters. The maximum absolute atomic E-state index is 11.7. The van der Waals surface area contributed by atoms with Gasteiger partial charge in [0.25, 0.3) is 0 Å². The Bertz CT molecular complexity index is 620. The molecular weight excluding hydrogens is 280 g/mol. The van der Waals surface area contributed by atoms with Gasteiger partial charge in [-0.1, -0.05) is 30.3 Å². The Morgan fingerprint density at radius 1 is 1.05 bits per heavy atom. The molecule has 0 bridgehead atoms. The van der Waals surface area contributed by atoms with E-state index < -0.39 is 5.97 Å². The van der Waals surface area contributed by atoms with E-state index in [0.29, 0.717) is 25.8 Å². The van der Waals surface area contributed by atoms with E-state index in [1.807, 2.05) is 42.5 Å². The van der Waals surface area contributed by atoms with Crippen LogP contribution in [-0.4, -0.2) is 28.5 Å². The average molecular weight is 300 g/mol. The third-order valence-electron chi connectivity index (χ3n) is 3.34. The van der Waals surface area contributed by atoms with Crippen molar-refractivity contribution in [1.29, 1.82) is 0 Å². The summed E-state index contributed by atoms with van der Waals surface area (Å²) >= 11 is 0. The van der Waals surface area contributed by atoms with Crippen LogP contribution in [0.1, 0.15) is 25.0 Å². The quantitative estimate of drug-likeness (QED) is 0.655. The summed E-state index contributed by atoms with van der Waals surface area (Å²) in [5, 5.41) is 11.2. The van der Waals surface area contributed by atoms with Crippen LogP contribution in [0.15, 0.2) is 42.5 Å². The largest absolute Gasteiger partial charge is 0.481 e. The number of carbonyl (C=O) groups is 2. The van der Waals surface area contributed by atoms with E-state index in [4.69, 9.17) is 5.11 Å². The van der Waals surface area contributed by atoms with E-state index in [9.17, 15) is 9.59 Å². The van der Waals surface area contributed by atoms with E-state index >= 15 is 0 Å². The van der Waals surface area contributed by atoms with E-state index in [-0.39, 0.29) is 12.3 Å². The van der Waals surface area contributed by atoms with Crippen molar-refractivity contribution in [3.05, 3.63) is 48.2 Å². The van der Waals surface area contributed by atoms with Crippen molar-refractivity contribution in [2.75, 3.05) is 6.54 Å². The number of amides is 1. The minimum Gasteiger partial charge on any atom is -0.481 e. The number of nitrogens with one attached hydrogen (secondary N) is 2. The summed E-state index contributed by atoms with van der Waals surface area (Å²) in [4.78, 5) is 25.3. The monoisotopic (exact) mass is 300 g/mol. The van der Waals surface area contributed by atoms with Gasteiger partial charge in [-0.2, -0.15) is 0 Å². The molecule has 22 heavy (non-hydrogen) atoms. The lowest BCUT2D eigenvalue weighted by Gasteiger charge is -2.03. The maximum atomic E-state index is 11.7. The Labute approximate surface area is 129 Å². The van der Waals surface area contributed by atoms with Crippen molar-refractivity contribution in [1.82, 2.24) is 10.3 Å². The van der Waals surface area contributed by atoms with Crippen LogP contribution in [0.4, 0.5) is 0 Å². The van der Waals surface area contributed by atoms with Gasteiger partial charge >= 0.3 is 5.97 Å². The van der Waals surface area contributed by atoms with Gasteiger partial charge in [0.05, 0.1) is 0 Å². The number of aromatic amines is 1. The molecule has 0 saturated carbocycles. The molecule has 0 aliphatic heterocycles. The van der Waals surface area contributed by atoms with E-state index in [2.05, 4.69) is 10.3 Å². The second-order valence-corrected chi connectivity index (χ2v) is 5.11.